The second-order valence-corrected chi connectivity index (χ2v) is 5.20. The van der Waals surface area contributed by atoms with Crippen LogP contribution in [0, 0.1) is 0 Å². The van der Waals surface area contributed by atoms with Gasteiger partial charge in [0.15, 0.2) is 0 Å². The maximum atomic E-state index is 4.51. The predicted octanol–water partition coefficient (Wildman–Crippen LogP) is 3.04. The van der Waals surface area contributed by atoms with Crippen LogP contribution in [-0.4, -0.2) is 32.2 Å². The molecule has 0 atom stereocenters. The standard InChI is InChI=1S/C14H18BrN3/c1-16-8-4-10-18(2)14-12-5-3-6-13(15)11(12)7-9-17-14/h3,5-7,9,16H,4,8,10H2,1-2H3. The van der Waals surface area contributed by atoms with Crippen molar-refractivity contribution in [3.8, 4) is 0 Å². The lowest BCUT2D eigenvalue weighted by Gasteiger charge is -2.20. The molecule has 0 spiro atoms. The molecule has 4 heteroatoms. The summed E-state index contributed by atoms with van der Waals surface area (Å²) >= 11 is 3.59. The van der Waals surface area contributed by atoms with Gasteiger partial charge in [0.05, 0.1) is 0 Å². The van der Waals surface area contributed by atoms with E-state index in [4.69, 9.17) is 0 Å². The van der Waals surface area contributed by atoms with Crippen LogP contribution >= 0.6 is 15.9 Å². The van der Waals surface area contributed by atoms with E-state index in [0.29, 0.717) is 0 Å². The number of halogens is 1. The first-order valence-corrected chi connectivity index (χ1v) is 6.92. The fourth-order valence-electron chi connectivity index (χ4n) is 2.06. The first-order valence-electron chi connectivity index (χ1n) is 6.13. The molecular weight excluding hydrogens is 290 g/mol. The molecule has 0 amide bonds. The summed E-state index contributed by atoms with van der Waals surface area (Å²) < 4.78 is 1.12. The van der Waals surface area contributed by atoms with Gasteiger partial charge >= 0.3 is 0 Å². The molecule has 1 aromatic heterocycles. The Morgan fingerprint density at radius 3 is 2.89 bits per heavy atom. The third kappa shape index (κ3) is 2.82. The predicted molar refractivity (Wildman–Crippen MR) is 81.3 cm³/mol. The van der Waals surface area contributed by atoms with Crippen LogP contribution in [0.2, 0.25) is 0 Å². The number of aromatic nitrogens is 1. The highest BCUT2D eigenvalue weighted by molar-refractivity contribution is 9.10. The number of nitrogens with one attached hydrogen (secondary N) is 1. The highest BCUT2D eigenvalue weighted by atomic mass is 79.9. The van der Waals surface area contributed by atoms with Gasteiger partial charge in [0.1, 0.15) is 5.82 Å². The average molecular weight is 308 g/mol. The molecule has 2 aromatic rings. The van der Waals surface area contributed by atoms with Crippen LogP contribution in [0.15, 0.2) is 34.9 Å². The molecule has 0 bridgehead atoms. The number of pyridine rings is 1. The molecular formula is C14H18BrN3. The van der Waals surface area contributed by atoms with Crippen molar-refractivity contribution in [1.82, 2.24) is 10.3 Å². The maximum absolute atomic E-state index is 4.51. The number of fused-ring (bicyclic) bond motifs is 1. The molecule has 96 valence electrons. The van der Waals surface area contributed by atoms with Gasteiger partial charge in [-0.2, -0.15) is 0 Å². The van der Waals surface area contributed by atoms with E-state index >= 15 is 0 Å². The van der Waals surface area contributed by atoms with Gasteiger partial charge in [-0.25, -0.2) is 4.98 Å². The zero-order valence-corrected chi connectivity index (χ0v) is 12.4. The SMILES string of the molecule is CNCCCN(C)c1nccc2c(Br)cccc12. The van der Waals surface area contributed by atoms with Gasteiger partial charge in [-0.3, -0.25) is 0 Å². The molecule has 1 heterocycles. The lowest BCUT2D eigenvalue weighted by Crippen LogP contribution is -2.23. The quantitative estimate of drug-likeness (QED) is 0.861. The van der Waals surface area contributed by atoms with E-state index in [1.807, 2.05) is 19.3 Å². The number of benzene rings is 1. The van der Waals surface area contributed by atoms with Crippen molar-refractivity contribution in [2.24, 2.45) is 0 Å². The minimum absolute atomic E-state index is 0.999. The minimum Gasteiger partial charge on any atom is -0.359 e. The van der Waals surface area contributed by atoms with E-state index in [1.165, 1.54) is 10.8 Å². The Hall–Kier alpha value is -1.13. The zero-order valence-electron chi connectivity index (χ0n) is 10.8. The first-order chi connectivity index (χ1) is 8.74. The molecule has 3 nitrogen and oxygen atoms in total. The summed E-state index contributed by atoms with van der Waals surface area (Å²) in [4.78, 5) is 6.73. The van der Waals surface area contributed by atoms with Crippen LogP contribution in [0.3, 0.4) is 0 Å². The summed E-state index contributed by atoms with van der Waals surface area (Å²) in [5, 5.41) is 5.57. The van der Waals surface area contributed by atoms with E-state index in [-0.39, 0.29) is 0 Å². The summed E-state index contributed by atoms with van der Waals surface area (Å²) in [6.45, 7) is 2.03. The Balaban J connectivity index is 2.30. The molecule has 1 N–H and O–H groups in total. The van der Waals surface area contributed by atoms with Crippen LogP contribution in [0.25, 0.3) is 10.8 Å². The van der Waals surface area contributed by atoms with E-state index in [0.717, 1.165) is 29.8 Å². The van der Waals surface area contributed by atoms with Gasteiger partial charge in [-0.05, 0) is 32.1 Å². The summed E-state index contributed by atoms with van der Waals surface area (Å²) in [5.74, 6) is 1.05. The fourth-order valence-corrected chi connectivity index (χ4v) is 2.55. The molecule has 1 aromatic carbocycles. The first kappa shape index (κ1) is 13.3. The molecule has 2 rings (SSSR count). The fraction of sp³-hybridized carbons (Fsp3) is 0.357. The van der Waals surface area contributed by atoms with Gasteiger partial charge in [-0.15, -0.1) is 0 Å². The van der Waals surface area contributed by atoms with Crippen molar-refractivity contribution in [3.63, 3.8) is 0 Å². The third-order valence-electron chi connectivity index (χ3n) is 3.01. The van der Waals surface area contributed by atoms with Crippen LogP contribution in [0.5, 0.6) is 0 Å². The molecule has 0 saturated carbocycles. The van der Waals surface area contributed by atoms with Crippen molar-refractivity contribution in [2.75, 3.05) is 32.1 Å². The van der Waals surface area contributed by atoms with Crippen LogP contribution in [0.1, 0.15) is 6.42 Å². The maximum Gasteiger partial charge on any atom is 0.136 e. The molecule has 0 unspecified atom stereocenters. The van der Waals surface area contributed by atoms with Crippen LogP contribution in [0.4, 0.5) is 5.82 Å². The summed E-state index contributed by atoms with van der Waals surface area (Å²) in [6.07, 6.45) is 2.98. The minimum atomic E-state index is 0.999. The van der Waals surface area contributed by atoms with Crippen molar-refractivity contribution < 1.29 is 0 Å². The lowest BCUT2D eigenvalue weighted by molar-refractivity contribution is 0.710. The zero-order chi connectivity index (χ0) is 13.0. The van der Waals surface area contributed by atoms with Crippen LogP contribution < -0.4 is 10.2 Å². The Morgan fingerprint density at radius 2 is 2.11 bits per heavy atom. The van der Waals surface area contributed by atoms with Crippen molar-refractivity contribution in [2.45, 2.75) is 6.42 Å². The normalized spacial score (nSPS) is 10.8. The van der Waals surface area contributed by atoms with E-state index in [2.05, 4.69) is 56.4 Å². The van der Waals surface area contributed by atoms with Gasteiger partial charge in [0, 0.05) is 35.0 Å². The second kappa shape index (κ2) is 6.16. The summed E-state index contributed by atoms with van der Waals surface area (Å²) in [6, 6.07) is 8.29. The average Bonchev–Trinajstić information content (AvgIpc) is 2.39. The second-order valence-electron chi connectivity index (χ2n) is 4.35. The van der Waals surface area contributed by atoms with E-state index in [9.17, 15) is 0 Å². The third-order valence-corrected chi connectivity index (χ3v) is 3.71. The van der Waals surface area contributed by atoms with Crippen molar-refractivity contribution >= 4 is 32.5 Å². The lowest BCUT2D eigenvalue weighted by atomic mass is 10.1. The summed E-state index contributed by atoms with van der Waals surface area (Å²) in [5.41, 5.74) is 0. The molecule has 0 aliphatic carbocycles. The monoisotopic (exact) mass is 307 g/mol. The van der Waals surface area contributed by atoms with Gasteiger partial charge < -0.3 is 10.2 Å². The molecule has 0 aliphatic heterocycles. The molecule has 0 aliphatic rings. The number of anilines is 1. The largest absolute Gasteiger partial charge is 0.359 e. The smallest absolute Gasteiger partial charge is 0.136 e. The summed E-state index contributed by atoms with van der Waals surface area (Å²) in [7, 11) is 4.08. The van der Waals surface area contributed by atoms with Crippen molar-refractivity contribution in [3.05, 3.63) is 34.9 Å². The number of hydrogen-bond acceptors (Lipinski definition) is 3. The van der Waals surface area contributed by atoms with Gasteiger partial charge in [-0.1, -0.05) is 28.1 Å². The Morgan fingerprint density at radius 1 is 1.28 bits per heavy atom. The highest BCUT2D eigenvalue weighted by Crippen LogP contribution is 2.29. The molecule has 0 saturated heterocycles. The van der Waals surface area contributed by atoms with Gasteiger partial charge in [0.2, 0.25) is 0 Å². The number of rotatable bonds is 5. The Bertz CT molecular complexity index is 527. The molecule has 0 fully saturated rings. The Labute approximate surface area is 116 Å². The molecule has 0 radical (unpaired) electrons. The number of hydrogen-bond donors (Lipinski definition) is 1. The van der Waals surface area contributed by atoms with Crippen LogP contribution in [-0.2, 0) is 0 Å². The highest BCUT2D eigenvalue weighted by Gasteiger charge is 2.08. The van der Waals surface area contributed by atoms with E-state index < -0.39 is 0 Å². The van der Waals surface area contributed by atoms with Crippen molar-refractivity contribution in [1.29, 1.82) is 0 Å². The van der Waals surface area contributed by atoms with E-state index in [1.54, 1.807) is 0 Å². The van der Waals surface area contributed by atoms with Gasteiger partial charge in [0.25, 0.3) is 0 Å². The molecule has 18 heavy (non-hydrogen) atoms. The Kier molecular flexibility index (Phi) is 4.55. The topological polar surface area (TPSA) is 28.2 Å². The number of nitrogens with zero attached hydrogens (tertiary/aromatic N) is 2.